The van der Waals surface area contributed by atoms with E-state index in [0.717, 1.165) is 11.8 Å². The third-order valence-electron chi connectivity index (χ3n) is 1.95. The first-order valence-electron chi connectivity index (χ1n) is 4.87. The summed E-state index contributed by atoms with van der Waals surface area (Å²) in [6, 6.07) is 0. The molecule has 10 heteroatoms. The third-order valence-corrected chi connectivity index (χ3v) is 6.66. The second-order valence-corrected chi connectivity index (χ2v) is 7.68. The largest absolute Gasteiger partial charge is 0.381 e. The van der Waals surface area contributed by atoms with E-state index >= 15 is 0 Å². The van der Waals surface area contributed by atoms with Gasteiger partial charge in [0.15, 0.2) is 5.44 Å². The van der Waals surface area contributed by atoms with Gasteiger partial charge in [0.2, 0.25) is 0 Å². The maximum Gasteiger partial charge on any atom is 0.338 e. The lowest BCUT2D eigenvalue weighted by Crippen LogP contribution is -2.39. The van der Waals surface area contributed by atoms with Gasteiger partial charge in [0, 0.05) is 5.75 Å². The molecule has 0 spiro atoms. The maximum absolute atomic E-state index is 11.3. The fraction of sp³-hybridized carbons (Fsp3) is 0.750. The number of carbonyl (C=O) groups is 2. The van der Waals surface area contributed by atoms with Gasteiger partial charge in [-0.2, -0.15) is 25.3 Å². The van der Waals surface area contributed by atoms with Crippen molar-refractivity contribution in [2.24, 2.45) is 0 Å². The molecule has 0 aromatic rings. The Kier molecular flexibility index (Phi) is 6.48. The summed E-state index contributed by atoms with van der Waals surface area (Å²) >= 11 is 8.61. The normalized spacial score (nSPS) is 28.2. The molecule has 1 aliphatic rings. The summed E-state index contributed by atoms with van der Waals surface area (Å²) in [6.07, 6.45) is 0. The van der Waals surface area contributed by atoms with Gasteiger partial charge < -0.3 is 18.6 Å². The molecule has 6 nitrogen and oxygen atoms in total. The predicted molar refractivity (Wildman–Crippen MR) is 76.8 cm³/mol. The van der Waals surface area contributed by atoms with Crippen LogP contribution in [0.4, 0.5) is 0 Å². The molecule has 0 amide bonds. The van der Waals surface area contributed by atoms with E-state index in [-0.39, 0.29) is 23.0 Å². The Bertz CT molecular complexity index is 307. The van der Waals surface area contributed by atoms with Crippen molar-refractivity contribution in [2.75, 3.05) is 23.0 Å². The highest BCUT2D eigenvalue weighted by molar-refractivity contribution is 8.28. The van der Waals surface area contributed by atoms with Gasteiger partial charge in [-0.15, -0.1) is 11.8 Å². The number of aliphatic hydroxyl groups is 2. The quantitative estimate of drug-likeness (QED) is 0.536. The van der Waals surface area contributed by atoms with Crippen molar-refractivity contribution in [3.63, 3.8) is 0 Å². The second kappa shape index (κ2) is 7.15. The van der Waals surface area contributed by atoms with Crippen LogP contribution in [0.2, 0.25) is 0 Å². The van der Waals surface area contributed by atoms with Crippen LogP contribution >= 0.6 is 47.6 Å². The van der Waals surface area contributed by atoms with Gasteiger partial charge in [0.25, 0.3) is 0 Å². The lowest BCUT2D eigenvalue weighted by atomic mass is 10.8. The number of aliphatic hydroxyl groups excluding tert-OH is 2. The minimum Gasteiger partial charge on any atom is -0.381 e. The zero-order valence-corrected chi connectivity index (χ0v) is 12.6. The molecule has 1 rings (SSSR count). The molecular formula is C8H14O6S4. The van der Waals surface area contributed by atoms with Crippen LogP contribution in [0.25, 0.3) is 0 Å². The van der Waals surface area contributed by atoms with E-state index in [9.17, 15) is 19.8 Å². The highest BCUT2D eigenvalue weighted by Crippen LogP contribution is 2.59. The lowest BCUT2D eigenvalue weighted by Gasteiger charge is -2.47. The summed E-state index contributed by atoms with van der Waals surface area (Å²) in [5, 5.41) is 19.5. The fourth-order valence-corrected chi connectivity index (χ4v) is 5.69. The Balaban J connectivity index is 2.90. The first kappa shape index (κ1) is 16.3. The molecule has 2 unspecified atom stereocenters. The van der Waals surface area contributed by atoms with E-state index in [1.165, 1.54) is 0 Å². The summed E-state index contributed by atoms with van der Waals surface area (Å²) in [6.45, 7) is 0. The van der Waals surface area contributed by atoms with Gasteiger partial charge in [-0.1, -0.05) is 10.6 Å². The molecule has 1 saturated heterocycles. The van der Waals surface area contributed by atoms with Crippen molar-refractivity contribution >= 4 is 59.5 Å². The maximum atomic E-state index is 11.3. The van der Waals surface area contributed by atoms with Gasteiger partial charge in [0.05, 0.1) is 17.3 Å². The number of rotatable bonds is 4. The van der Waals surface area contributed by atoms with Crippen molar-refractivity contribution in [1.82, 2.24) is 0 Å². The fourth-order valence-electron chi connectivity index (χ4n) is 1.22. The predicted octanol–water partition coefficient (Wildman–Crippen LogP) is -0.0494. The molecule has 0 radical (unpaired) electrons. The Morgan fingerprint density at radius 3 is 2.17 bits per heavy atom. The first-order valence-corrected chi connectivity index (χ1v) is 8.90. The minimum atomic E-state index is -2.86. The Morgan fingerprint density at radius 1 is 1.22 bits per heavy atom. The number of hydrogen-bond donors (Lipinski definition) is 4. The average Bonchev–Trinajstić information content (AvgIpc) is 2.33. The Labute approximate surface area is 121 Å². The SMILES string of the molecule is O=C(CS)OS1(OC(=O)CS)CC(O)SCC1O. The molecule has 18 heavy (non-hydrogen) atoms. The topological polar surface area (TPSA) is 93.1 Å². The summed E-state index contributed by atoms with van der Waals surface area (Å²) in [7, 11) is -2.86. The van der Waals surface area contributed by atoms with Crippen LogP contribution in [0.15, 0.2) is 0 Å². The zero-order valence-electron chi connectivity index (χ0n) is 9.22. The molecule has 106 valence electrons. The van der Waals surface area contributed by atoms with Crippen LogP contribution in [0.1, 0.15) is 0 Å². The minimum absolute atomic E-state index is 0.113. The Hall–Kier alpha value is 0.260. The summed E-state index contributed by atoms with van der Waals surface area (Å²) in [5.41, 5.74) is -1.98. The zero-order chi connectivity index (χ0) is 13.8. The molecule has 1 fully saturated rings. The van der Waals surface area contributed by atoms with Gasteiger partial charge in [-0.25, -0.2) is 9.59 Å². The van der Waals surface area contributed by atoms with E-state index in [1.807, 2.05) is 0 Å². The lowest BCUT2D eigenvalue weighted by molar-refractivity contribution is -0.134. The van der Waals surface area contributed by atoms with E-state index in [1.54, 1.807) is 0 Å². The monoisotopic (exact) mass is 334 g/mol. The van der Waals surface area contributed by atoms with Gasteiger partial charge in [-0.3, -0.25) is 0 Å². The molecule has 0 bridgehead atoms. The van der Waals surface area contributed by atoms with Crippen molar-refractivity contribution in [3.05, 3.63) is 0 Å². The van der Waals surface area contributed by atoms with Crippen LogP contribution in [-0.2, 0) is 18.0 Å². The molecule has 0 aliphatic carbocycles. The van der Waals surface area contributed by atoms with E-state index in [4.69, 9.17) is 8.37 Å². The Morgan fingerprint density at radius 2 is 1.72 bits per heavy atom. The van der Waals surface area contributed by atoms with Crippen LogP contribution < -0.4 is 0 Å². The number of thioether (sulfide) groups is 1. The second-order valence-electron chi connectivity index (χ2n) is 3.30. The molecule has 1 heterocycles. The van der Waals surface area contributed by atoms with Crippen LogP contribution in [0, 0.1) is 0 Å². The molecule has 0 saturated carbocycles. The van der Waals surface area contributed by atoms with Gasteiger partial charge in [0.1, 0.15) is 5.44 Å². The third kappa shape index (κ3) is 4.14. The van der Waals surface area contributed by atoms with Crippen LogP contribution in [0.5, 0.6) is 0 Å². The highest BCUT2D eigenvalue weighted by Gasteiger charge is 2.42. The van der Waals surface area contributed by atoms with Crippen molar-refractivity contribution in [2.45, 2.75) is 10.9 Å². The van der Waals surface area contributed by atoms with Crippen molar-refractivity contribution in [1.29, 1.82) is 0 Å². The summed E-state index contributed by atoms with van der Waals surface area (Å²) in [4.78, 5) is 22.6. The molecule has 0 aromatic carbocycles. The van der Waals surface area contributed by atoms with E-state index in [0.29, 0.717) is 0 Å². The molecule has 2 N–H and O–H groups in total. The average molecular weight is 334 g/mol. The highest BCUT2D eigenvalue weighted by atomic mass is 32.3. The van der Waals surface area contributed by atoms with E-state index in [2.05, 4.69) is 25.3 Å². The standard InChI is InChI=1S/C8H14O6S4/c9-5(1-15)13-18(14-6(10)2-16)4-7(11)17-3-8(18)12/h7-8,11-12,15-16H,1-4H2. The molecule has 0 aromatic heterocycles. The number of thiol groups is 2. The van der Waals surface area contributed by atoms with E-state index < -0.39 is 33.4 Å². The first-order chi connectivity index (χ1) is 8.43. The number of carbonyl (C=O) groups excluding carboxylic acids is 2. The molecule has 1 aliphatic heterocycles. The molecular weight excluding hydrogens is 320 g/mol. The molecule has 2 atom stereocenters. The van der Waals surface area contributed by atoms with Gasteiger partial charge in [-0.05, 0) is 0 Å². The van der Waals surface area contributed by atoms with Gasteiger partial charge >= 0.3 is 11.9 Å². The summed E-state index contributed by atoms with van der Waals surface area (Å²) in [5.74, 6) is -1.82. The van der Waals surface area contributed by atoms with Crippen molar-refractivity contribution < 1.29 is 28.2 Å². The summed E-state index contributed by atoms with van der Waals surface area (Å²) < 4.78 is 10.1. The van der Waals surface area contributed by atoms with Crippen LogP contribution in [0.3, 0.4) is 0 Å². The number of hydrogen-bond acceptors (Lipinski definition) is 9. The van der Waals surface area contributed by atoms with Crippen molar-refractivity contribution in [3.8, 4) is 0 Å². The van der Waals surface area contributed by atoms with Crippen LogP contribution in [-0.4, -0.2) is 56.0 Å². The smallest absolute Gasteiger partial charge is 0.338 e.